The normalized spacial score (nSPS) is 16.2. The molecule has 2 atom stereocenters. The molecular formula is C25H25NO3. The molecule has 4 rings (SSSR count). The summed E-state index contributed by atoms with van der Waals surface area (Å²) < 4.78 is 11.4. The number of hydrogen-bond acceptors (Lipinski definition) is 4. The number of carbonyl (C=O) groups excluding carboxylic acids is 1. The number of fused-ring (bicyclic) bond motifs is 1. The summed E-state index contributed by atoms with van der Waals surface area (Å²) in [7, 11) is 0. The Bertz CT molecular complexity index is 953. The third kappa shape index (κ3) is 4.60. The van der Waals surface area contributed by atoms with Crippen LogP contribution in [0.4, 0.5) is 5.69 Å². The molecular weight excluding hydrogens is 362 g/mol. The molecule has 0 fully saturated rings. The average molecular weight is 387 g/mol. The number of benzene rings is 3. The van der Waals surface area contributed by atoms with E-state index < -0.39 is 0 Å². The van der Waals surface area contributed by atoms with Gasteiger partial charge in [-0.3, -0.25) is 4.79 Å². The van der Waals surface area contributed by atoms with Crippen LogP contribution in [0.3, 0.4) is 0 Å². The minimum atomic E-state index is -0.342. The highest BCUT2D eigenvalue weighted by atomic mass is 16.6. The van der Waals surface area contributed by atoms with Gasteiger partial charge in [0, 0.05) is 25.1 Å². The van der Waals surface area contributed by atoms with Gasteiger partial charge in [0.15, 0.2) is 6.10 Å². The molecule has 3 aromatic carbocycles. The van der Waals surface area contributed by atoms with Gasteiger partial charge in [-0.15, -0.1) is 0 Å². The Morgan fingerprint density at radius 2 is 1.72 bits per heavy atom. The van der Waals surface area contributed by atoms with E-state index in [9.17, 15) is 4.79 Å². The first-order chi connectivity index (χ1) is 14.2. The maximum Gasteiger partial charge on any atom is 0.302 e. The van der Waals surface area contributed by atoms with Crippen LogP contribution in [0.5, 0.6) is 5.75 Å². The molecule has 2 unspecified atom stereocenters. The van der Waals surface area contributed by atoms with Crippen molar-refractivity contribution in [3.63, 3.8) is 0 Å². The van der Waals surface area contributed by atoms with E-state index in [0.717, 1.165) is 24.3 Å². The van der Waals surface area contributed by atoms with Crippen molar-refractivity contribution in [2.24, 2.45) is 0 Å². The fourth-order valence-corrected chi connectivity index (χ4v) is 3.82. The maximum absolute atomic E-state index is 11.3. The topological polar surface area (TPSA) is 47.6 Å². The van der Waals surface area contributed by atoms with Crippen molar-refractivity contribution in [3.8, 4) is 5.75 Å². The SMILES string of the molecule is CC(=O)OCC(Oc1ccc(C2CCNc3ccccc32)cc1)c1ccccc1. The van der Waals surface area contributed by atoms with Crippen molar-refractivity contribution in [2.75, 3.05) is 18.5 Å². The van der Waals surface area contributed by atoms with E-state index in [2.05, 4.69) is 41.7 Å². The Hall–Kier alpha value is -3.27. The second-order valence-corrected chi connectivity index (χ2v) is 7.24. The predicted molar refractivity (Wildman–Crippen MR) is 114 cm³/mol. The van der Waals surface area contributed by atoms with Gasteiger partial charge >= 0.3 is 5.97 Å². The van der Waals surface area contributed by atoms with Crippen molar-refractivity contribution < 1.29 is 14.3 Å². The van der Waals surface area contributed by atoms with Gasteiger partial charge in [0.2, 0.25) is 0 Å². The minimum absolute atomic E-state index is 0.183. The van der Waals surface area contributed by atoms with Crippen molar-refractivity contribution in [3.05, 3.63) is 95.6 Å². The molecule has 0 saturated heterocycles. The summed E-state index contributed by atoms with van der Waals surface area (Å²) >= 11 is 0. The molecule has 0 amide bonds. The quantitative estimate of drug-likeness (QED) is 0.582. The van der Waals surface area contributed by atoms with Crippen LogP contribution in [0, 0.1) is 0 Å². The third-order valence-corrected chi connectivity index (χ3v) is 5.25. The zero-order chi connectivity index (χ0) is 20.1. The third-order valence-electron chi connectivity index (χ3n) is 5.25. The molecule has 0 bridgehead atoms. The average Bonchev–Trinajstić information content (AvgIpc) is 2.77. The number of esters is 1. The van der Waals surface area contributed by atoms with E-state index in [4.69, 9.17) is 9.47 Å². The highest BCUT2D eigenvalue weighted by Crippen LogP contribution is 2.37. The lowest BCUT2D eigenvalue weighted by Gasteiger charge is -2.27. The highest BCUT2D eigenvalue weighted by molar-refractivity contribution is 5.66. The second-order valence-electron chi connectivity index (χ2n) is 7.24. The number of anilines is 1. The van der Waals surface area contributed by atoms with E-state index in [1.165, 1.54) is 23.7 Å². The van der Waals surface area contributed by atoms with E-state index in [0.29, 0.717) is 5.92 Å². The van der Waals surface area contributed by atoms with Gasteiger partial charge in [-0.1, -0.05) is 60.7 Å². The predicted octanol–water partition coefficient (Wildman–Crippen LogP) is 5.32. The van der Waals surface area contributed by atoms with Crippen LogP contribution in [-0.2, 0) is 9.53 Å². The lowest BCUT2D eigenvalue weighted by Crippen LogP contribution is -2.18. The Morgan fingerprint density at radius 1 is 1.00 bits per heavy atom. The van der Waals surface area contributed by atoms with Crippen LogP contribution < -0.4 is 10.1 Å². The van der Waals surface area contributed by atoms with Gasteiger partial charge in [-0.2, -0.15) is 0 Å². The van der Waals surface area contributed by atoms with Gasteiger partial charge in [0.1, 0.15) is 12.4 Å². The lowest BCUT2D eigenvalue weighted by molar-refractivity contribution is -0.143. The number of carbonyl (C=O) groups is 1. The standard InChI is InChI=1S/C25H25NO3/c1-18(27)28-17-25(20-7-3-2-4-8-20)29-21-13-11-19(12-14-21)22-15-16-26-24-10-6-5-9-23(22)24/h2-14,22,25-26H,15-17H2,1H3. The van der Waals surface area contributed by atoms with E-state index in [1.807, 2.05) is 42.5 Å². The first-order valence-electron chi connectivity index (χ1n) is 9.98. The van der Waals surface area contributed by atoms with Crippen molar-refractivity contribution in [1.82, 2.24) is 0 Å². The molecule has 0 spiro atoms. The van der Waals surface area contributed by atoms with Crippen LogP contribution in [-0.4, -0.2) is 19.1 Å². The first kappa shape index (κ1) is 19.1. The summed E-state index contributed by atoms with van der Waals surface area (Å²) in [6.45, 7) is 2.56. The van der Waals surface area contributed by atoms with Crippen molar-refractivity contribution in [2.45, 2.75) is 25.4 Å². The van der Waals surface area contributed by atoms with Gasteiger partial charge in [0.05, 0.1) is 0 Å². The molecule has 1 N–H and O–H groups in total. The molecule has 29 heavy (non-hydrogen) atoms. The summed E-state index contributed by atoms with van der Waals surface area (Å²) in [6.07, 6.45) is 0.724. The largest absolute Gasteiger partial charge is 0.482 e. The summed E-state index contributed by atoms with van der Waals surface area (Å²) in [5.74, 6) is 0.832. The second kappa shape index (κ2) is 8.82. The number of nitrogens with one attached hydrogen (secondary N) is 1. The summed E-state index contributed by atoms with van der Waals surface area (Å²) in [5, 5.41) is 3.48. The Labute approximate surface area is 171 Å². The van der Waals surface area contributed by atoms with Crippen LogP contribution in [0.1, 0.15) is 42.1 Å². The molecule has 1 aliphatic heterocycles. The molecule has 148 valence electrons. The zero-order valence-corrected chi connectivity index (χ0v) is 16.5. The molecule has 1 heterocycles. The Kier molecular flexibility index (Phi) is 5.80. The molecule has 0 saturated carbocycles. The summed E-state index contributed by atoms with van der Waals surface area (Å²) in [6, 6.07) is 26.6. The summed E-state index contributed by atoms with van der Waals surface area (Å²) in [5.41, 5.74) is 4.81. The molecule has 4 heteroatoms. The first-order valence-corrected chi connectivity index (χ1v) is 9.98. The van der Waals surface area contributed by atoms with Crippen LogP contribution in [0.25, 0.3) is 0 Å². The van der Waals surface area contributed by atoms with Crippen LogP contribution in [0.15, 0.2) is 78.9 Å². The molecule has 4 nitrogen and oxygen atoms in total. The highest BCUT2D eigenvalue weighted by Gasteiger charge is 2.21. The molecule has 1 aliphatic rings. The van der Waals surface area contributed by atoms with Gasteiger partial charge in [0.25, 0.3) is 0 Å². The van der Waals surface area contributed by atoms with Crippen LogP contribution >= 0.6 is 0 Å². The monoisotopic (exact) mass is 387 g/mol. The molecule has 3 aromatic rings. The fourth-order valence-electron chi connectivity index (χ4n) is 3.82. The Morgan fingerprint density at radius 3 is 2.48 bits per heavy atom. The number of ether oxygens (including phenoxy) is 2. The van der Waals surface area contributed by atoms with Crippen LogP contribution in [0.2, 0.25) is 0 Å². The van der Waals surface area contributed by atoms with Gasteiger partial charge in [-0.25, -0.2) is 0 Å². The smallest absolute Gasteiger partial charge is 0.302 e. The van der Waals surface area contributed by atoms with E-state index >= 15 is 0 Å². The summed E-state index contributed by atoms with van der Waals surface area (Å²) in [4.78, 5) is 11.3. The zero-order valence-electron chi connectivity index (χ0n) is 16.5. The van der Waals surface area contributed by atoms with E-state index in [1.54, 1.807) is 0 Å². The molecule has 0 aromatic heterocycles. The van der Waals surface area contributed by atoms with Crippen molar-refractivity contribution >= 4 is 11.7 Å². The molecule has 0 aliphatic carbocycles. The van der Waals surface area contributed by atoms with E-state index in [-0.39, 0.29) is 18.7 Å². The number of para-hydroxylation sites is 1. The van der Waals surface area contributed by atoms with Crippen molar-refractivity contribution in [1.29, 1.82) is 0 Å². The minimum Gasteiger partial charge on any atom is -0.482 e. The van der Waals surface area contributed by atoms with Gasteiger partial charge in [-0.05, 0) is 41.3 Å². The maximum atomic E-state index is 11.3. The Balaban J connectivity index is 1.52. The fraction of sp³-hybridized carbons (Fsp3) is 0.240. The van der Waals surface area contributed by atoms with Gasteiger partial charge < -0.3 is 14.8 Å². The lowest BCUT2D eigenvalue weighted by atomic mass is 9.85. The molecule has 0 radical (unpaired) electrons. The number of hydrogen-bond donors (Lipinski definition) is 1. The number of rotatable bonds is 6.